The zero-order chi connectivity index (χ0) is 16.9. The minimum Gasteiger partial charge on any atom is -0.477 e. The number of aryl methyl sites for hydroxylation is 1. The molecule has 0 atom stereocenters. The van der Waals surface area contributed by atoms with E-state index in [1.807, 2.05) is 19.1 Å². The number of nitrogens with one attached hydrogen (secondary N) is 1. The van der Waals surface area contributed by atoms with E-state index in [4.69, 9.17) is 0 Å². The summed E-state index contributed by atoms with van der Waals surface area (Å²) in [6, 6.07) is 8.30. The summed E-state index contributed by atoms with van der Waals surface area (Å²) >= 11 is 1.20. The molecule has 3 rings (SSSR count). The summed E-state index contributed by atoms with van der Waals surface area (Å²) in [5.74, 6) is -0.899. The molecule has 1 aliphatic rings. The lowest BCUT2D eigenvalue weighted by Gasteiger charge is -2.28. The van der Waals surface area contributed by atoms with Crippen LogP contribution >= 0.6 is 11.3 Å². The van der Waals surface area contributed by atoms with Crippen molar-refractivity contribution in [1.82, 2.24) is 4.98 Å². The number of aromatic carboxylic acids is 1. The molecule has 0 spiro atoms. The van der Waals surface area contributed by atoms with Crippen LogP contribution in [0, 0.1) is 0 Å². The van der Waals surface area contributed by atoms with E-state index < -0.39 is 5.97 Å². The fourth-order valence-corrected chi connectivity index (χ4v) is 3.88. The number of hydrogen-bond acceptors (Lipinski definition) is 5. The molecule has 2 aromatic rings. The predicted octanol–water partition coefficient (Wildman–Crippen LogP) is 4.53. The van der Waals surface area contributed by atoms with E-state index in [1.165, 1.54) is 36.3 Å². The fourth-order valence-electron chi connectivity index (χ4n) is 3.01. The smallest absolute Gasteiger partial charge is 0.347 e. The molecule has 0 saturated carbocycles. The molecule has 1 aliphatic heterocycles. The molecule has 6 heteroatoms. The molecule has 2 heterocycles. The van der Waals surface area contributed by atoms with Crippen LogP contribution in [0.5, 0.6) is 0 Å². The van der Waals surface area contributed by atoms with Gasteiger partial charge in [-0.3, -0.25) is 0 Å². The first-order chi connectivity index (χ1) is 11.7. The third kappa shape index (κ3) is 3.87. The number of anilines is 3. The van der Waals surface area contributed by atoms with Gasteiger partial charge in [-0.1, -0.05) is 24.7 Å². The Hall–Kier alpha value is -2.08. The first kappa shape index (κ1) is 16.8. The first-order valence-electron chi connectivity index (χ1n) is 8.52. The Balaban J connectivity index is 1.71. The number of aromatic nitrogens is 1. The molecule has 1 aromatic heterocycles. The van der Waals surface area contributed by atoms with Crippen LogP contribution in [0.25, 0.3) is 0 Å². The van der Waals surface area contributed by atoms with Crippen LogP contribution in [0.15, 0.2) is 24.3 Å². The van der Waals surface area contributed by atoms with Gasteiger partial charge in [-0.2, -0.15) is 0 Å². The quantitative estimate of drug-likeness (QED) is 0.805. The highest BCUT2D eigenvalue weighted by molar-refractivity contribution is 7.17. The monoisotopic (exact) mass is 345 g/mol. The molecule has 1 fully saturated rings. The number of carboxylic acid groups (broad SMARTS) is 1. The highest BCUT2D eigenvalue weighted by atomic mass is 32.1. The summed E-state index contributed by atoms with van der Waals surface area (Å²) in [4.78, 5) is 18.5. The molecule has 5 nitrogen and oxygen atoms in total. The summed E-state index contributed by atoms with van der Waals surface area (Å²) in [7, 11) is 0. The minimum absolute atomic E-state index is 0.337. The number of carboxylic acids is 1. The van der Waals surface area contributed by atoms with Crippen molar-refractivity contribution in [3.63, 3.8) is 0 Å². The van der Waals surface area contributed by atoms with Crippen molar-refractivity contribution in [1.29, 1.82) is 0 Å². The van der Waals surface area contributed by atoms with Gasteiger partial charge in [0, 0.05) is 24.5 Å². The molecular formula is C18H23N3O2S. The van der Waals surface area contributed by atoms with E-state index >= 15 is 0 Å². The van der Waals surface area contributed by atoms with Gasteiger partial charge in [0.15, 0.2) is 5.13 Å². The molecule has 1 aromatic carbocycles. The van der Waals surface area contributed by atoms with Gasteiger partial charge in [0.25, 0.3) is 0 Å². The van der Waals surface area contributed by atoms with Gasteiger partial charge in [-0.25, -0.2) is 9.78 Å². The molecule has 0 unspecified atom stereocenters. The average Bonchev–Trinajstić information content (AvgIpc) is 2.99. The summed E-state index contributed by atoms with van der Waals surface area (Å²) < 4.78 is 0. The highest BCUT2D eigenvalue weighted by Crippen LogP contribution is 2.28. The van der Waals surface area contributed by atoms with Crippen LogP contribution in [0.1, 0.15) is 48.0 Å². The number of rotatable bonds is 6. The van der Waals surface area contributed by atoms with Crippen molar-refractivity contribution >= 4 is 33.8 Å². The first-order valence-corrected chi connectivity index (χ1v) is 9.34. The van der Waals surface area contributed by atoms with Gasteiger partial charge in [0.1, 0.15) is 4.88 Å². The van der Waals surface area contributed by atoms with Gasteiger partial charge in [0.05, 0.1) is 5.69 Å². The van der Waals surface area contributed by atoms with Crippen molar-refractivity contribution < 1.29 is 9.90 Å². The fraction of sp³-hybridized carbons (Fsp3) is 0.444. The zero-order valence-electron chi connectivity index (χ0n) is 13.9. The van der Waals surface area contributed by atoms with E-state index in [0.717, 1.165) is 25.2 Å². The maximum Gasteiger partial charge on any atom is 0.347 e. The van der Waals surface area contributed by atoms with Crippen LogP contribution in [-0.4, -0.2) is 29.1 Å². The van der Waals surface area contributed by atoms with Crippen LogP contribution < -0.4 is 10.2 Å². The van der Waals surface area contributed by atoms with E-state index in [-0.39, 0.29) is 0 Å². The Bertz CT molecular complexity index is 691. The number of piperidine rings is 1. The van der Waals surface area contributed by atoms with E-state index in [2.05, 4.69) is 27.3 Å². The molecule has 2 N–H and O–H groups in total. The molecule has 0 aliphatic carbocycles. The number of hydrogen-bond donors (Lipinski definition) is 2. The average molecular weight is 345 g/mol. The van der Waals surface area contributed by atoms with Crippen molar-refractivity contribution in [2.24, 2.45) is 0 Å². The van der Waals surface area contributed by atoms with E-state index in [0.29, 0.717) is 22.1 Å². The lowest BCUT2D eigenvalue weighted by molar-refractivity contribution is 0.0700. The number of carbonyl (C=O) groups is 1. The van der Waals surface area contributed by atoms with E-state index in [1.54, 1.807) is 0 Å². The third-order valence-corrected chi connectivity index (χ3v) is 5.22. The van der Waals surface area contributed by atoms with Gasteiger partial charge in [-0.05, 0) is 49.9 Å². The number of nitrogens with zero attached hydrogens (tertiary/aromatic N) is 2. The maximum absolute atomic E-state index is 11.3. The van der Waals surface area contributed by atoms with Crippen molar-refractivity contribution in [2.45, 2.75) is 39.0 Å². The summed E-state index contributed by atoms with van der Waals surface area (Å²) in [6.45, 7) is 4.28. The third-order valence-electron chi connectivity index (χ3n) is 4.22. The van der Waals surface area contributed by atoms with Crippen LogP contribution in [0.3, 0.4) is 0 Å². The van der Waals surface area contributed by atoms with Gasteiger partial charge >= 0.3 is 5.97 Å². The Morgan fingerprint density at radius 3 is 2.58 bits per heavy atom. The lowest BCUT2D eigenvalue weighted by atomic mass is 10.1. The predicted molar refractivity (Wildman–Crippen MR) is 98.9 cm³/mol. The molecular weight excluding hydrogens is 322 g/mol. The molecule has 0 radical (unpaired) electrons. The Kier molecular flexibility index (Phi) is 5.35. The zero-order valence-corrected chi connectivity index (χ0v) is 14.7. The number of thiazole rings is 1. The second-order valence-corrected chi connectivity index (χ2v) is 7.07. The second kappa shape index (κ2) is 7.66. The Morgan fingerprint density at radius 2 is 1.96 bits per heavy atom. The molecule has 128 valence electrons. The normalized spacial score (nSPS) is 14.6. The van der Waals surface area contributed by atoms with Crippen molar-refractivity contribution in [3.8, 4) is 0 Å². The van der Waals surface area contributed by atoms with Crippen molar-refractivity contribution in [2.75, 3.05) is 23.3 Å². The largest absolute Gasteiger partial charge is 0.477 e. The molecule has 1 saturated heterocycles. The topological polar surface area (TPSA) is 65.5 Å². The maximum atomic E-state index is 11.3. The SMILES string of the molecule is CCCc1nc(Nc2ccc(N3CCCCC3)cc2)sc1C(=O)O. The van der Waals surface area contributed by atoms with Crippen LogP contribution in [0.2, 0.25) is 0 Å². The van der Waals surface area contributed by atoms with E-state index in [9.17, 15) is 9.90 Å². The Labute approximate surface area is 146 Å². The standard InChI is InChI=1S/C18H23N3O2S/c1-2-6-15-16(17(22)23)24-18(20-15)19-13-7-9-14(10-8-13)21-11-4-3-5-12-21/h7-10H,2-6,11-12H2,1H3,(H,19,20)(H,22,23). The molecule has 0 bridgehead atoms. The van der Waals surface area contributed by atoms with Crippen molar-refractivity contribution in [3.05, 3.63) is 34.8 Å². The number of benzene rings is 1. The van der Waals surface area contributed by atoms with Gasteiger partial charge < -0.3 is 15.3 Å². The second-order valence-electron chi connectivity index (χ2n) is 6.07. The minimum atomic E-state index is -0.899. The van der Waals surface area contributed by atoms with Gasteiger partial charge in [0.2, 0.25) is 0 Å². The summed E-state index contributed by atoms with van der Waals surface area (Å²) in [6.07, 6.45) is 5.42. The molecule has 24 heavy (non-hydrogen) atoms. The lowest BCUT2D eigenvalue weighted by Crippen LogP contribution is -2.29. The highest BCUT2D eigenvalue weighted by Gasteiger charge is 2.17. The van der Waals surface area contributed by atoms with Gasteiger partial charge in [-0.15, -0.1) is 0 Å². The summed E-state index contributed by atoms with van der Waals surface area (Å²) in [5.41, 5.74) is 2.85. The van der Waals surface area contributed by atoms with Crippen LogP contribution in [0.4, 0.5) is 16.5 Å². The Morgan fingerprint density at radius 1 is 1.25 bits per heavy atom. The van der Waals surface area contributed by atoms with Crippen LogP contribution in [-0.2, 0) is 6.42 Å². The summed E-state index contributed by atoms with van der Waals surface area (Å²) in [5, 5.41) is 13.2. The molecule has 0 amide bonds.